The van der Waals surface area contributed by atoms with Crippen molar-refractivity contribution >= 4 is 75.4 Å². The Bertz CT molecular complexity index is 1590. The van der Waals surface area contributed by atoms with Crippen molar-refractivity contribution in [2.24, 2.45) is 0 Å². The predicted molar refractivity (Wildman–Crippen MR) is 169 cm³/mol. The van der Waals surface area contributed by atoms with Crippen molar-refractivity contribution in [3.05, 3.63) is 74.3 Å². The summed E-state index contributed by atoms with van der Waals surface area (Å²) in [6.45, 7) is 2.12. The van der Waals surface area contributed by atoms with Gasteiger partial charge < -0.3 is 24.3 Å². The van der Waals surface area contributed by atoms with Crippen molar-refractivity contribution in [2.45, 2.75) is 13.3 Å². The summed E-state index contributed by atoms with van der Waals surface area (Å²) in [5.74, 6) is -0.739. The second-order valence-corrected chi connectivity index (χ2v) is 10.6. The SMILES string of the molecule is CCCOc1ccc(N2C(=O)NC(=O)/C(=C\c3cc(I)c(OCC(=O)Nc4ccc(Cl)cc4)c(OC)c3)C2=O)cc1OC. The van der Waals surface area contributed by atoms with Gasteiger partial charge in [-0.2, -0.15) is 0 Å². The second-order valence-electron chi connectivity index (χ2n) is 9.02. The Kier molecular flexibility index (Phi) is 10.5. The maximum Gasteiger partial charge on any atom is 0.335 e. The average Bonchev–Trinajstić information content (AvgIpc) is 2.98. The maximum absolute atomic E-state index is 13.5. The number of barbiturate groups is 1. The molecule has 0 unspecified atom stereocenters. The minimum absolute atomic E-state index is 0.189. The monoisotopic (exact) mass is 719 g/mol. The minimum atomic E-state index is -0.899. The van der Waals surface area contributed by atoms with E-state index in [-0.39, 0.29) is 23.6 Å². The number of nitrogens with one attached hydrogen (secondary N) is 2. The zero-order valence-electron chi connectivity index (χ0n) is 23.4. The lowest BCUT2D eigenvalue weighted by Crippen LogP contribution is -2.54. The molecule has 0 bridgehead atoms. The zero-order valence-corrected chi connectivity index (χ0v) is 26.3. The summed E-state index contributed by atoms with van der Waals surface area (Å²) in [5, 5.41) is 5.45. The first kappa shape index (κ1) is 31.6. The first-order valence-electron chi connectivity index (χ1n) is 12.9. The summed E-state index contributed by atoms with van der Waals surface area (Å²) in [7, 11) is 2.86. The van der Waals surface area contributed by atoms with Crippen molar-refractivity contribution < 1.29 is 38.1 Å². The largest absolute Gasteiger partial charge is 0.493 e. The molecule has 0 radical (unpaired) electrons. The van der Waals surface area contributed by atoms with Gasteiger partial charge in [-0.15, -0.1) is 0 Å². The fourth-order valence-corrected chi connectivity index (χ4v) is 4.92. The number of carbonyl (C=O) groups excluding carboxylic acids is 4. The maximum atomic E-state index is 13.5. The normalized spacial score (nSPS) is 13.9. The smallest absolute Gasteiger partial charge is 0.335 e. The van der Waals surface area contributed by atoms with Crippen LogP contribution in [0, 0.1) is 3.57 Å². The van der Waals surface area contributed by atoms with Gasteiger partial charge in [-0.1, -0.05) is 18.5 Å². The van der Waals surface area contributed by atoms with Crippen LogP contribution in [0.15, 0.2) is 60.2 Å². The number of hydrogen-bond donors (Lipinski definition) is 2. The van der Waals surface area contributed by atoms with Crippen LogP contribution in [-0.2, 0) is 14.4 Å². The molecular weight excluding hydrogens is 693 g/mol. The Hall–Kier alpha value is -4.30. The number of benzene rings is 3. The summed E-state index contributed by atoms with van der Waals surface area (Å²) >= 11 is 7.87. The van der Waals surface area contributed by atoms with Crippen molar-refractivity contribution in [3.8, 4) is 23.0 Å². The molecule has 4 rings (SSSR count). The highest BCUT2D eigenvalue weighted by molar-refractivity contribution is 14.1. The number of anilines is 2. The summed E-state index contributed by atoms with van der Waals surface area (Å²) in [6.07, 6.45) is 2.12. The molecule has 3 aromatic rings. The standard InChI is InChI=1S/C30H27ClIN3O8/c1-4-11-42-23-10-9-20(15-24(23)40-2)35-29(38)21(28(37)34-30(35)39)12-17-13-22(32)27(25(14-17)41-3)43-16-26(36)33-19-7-5-18(31)6-8-19/h5-10,12-15H,4,11,16H2,1-3H3,(H,33,36)(H,34,37,39)/b21-12+. The third kappa shape index (κ3) is 7.56. The van der Waals surface area contributed by atoms with E-state index in [2.05, 4.69) is 10.6 Å². The summed E-state index contributed by atoms with van der Waals surface area (Å²) < 4.78 is 22.8. The van der Waals surface area contributed by atoms with Crippen LogP contribution >= 0.6 is 34.2 Å². The molecule has 1 heterocycles. The first-order valence-corrected chi connectivity index (χ1v) is 14.4. The van der Waals surface area contributed by atoms with E-state index in [1.54, 1.807) is 42.5 Å². The molecule has 224 valence electrons. The molecule has 0 aliphatic carbocycles. The molecule has 11 nitrogen and oxygen atoms in total. The number of hydrogen-bond acceptors (Lipinski definition) is 8. The Morgan fingerprint density at radius 1 is 0.977 bits per heavy atom. The fraction of sp³-hybridized carbons (Fsp3) is 0.200. The molecule has 1 fully saturated rings. The van der Waals surface area contributed by atoms with Crippen LogP contribution < -0.4 is 34.5 Å². The molecule has 0 atom stereocenters. The van der Waals surface area contributed by atoms with E-state index in [9.17, 15) is 19.2 Å². The van der Waals surface area contributed by atoms with Gasteiger partial charge in [0.25, 0.3) is 17.7 Å². The van der Waals surface area contributed by atoms with Crippen LogP contribution in [0.2, 0.25) is 5.02 Å². The lowest BCUT2D eigenvalue weighted by atomic mass is 10.1. The number of amides is 5. The van der Waals surface area contributed by atoms with Crippen LogP contribution in [0.1, 0.15) is 18.9 Å². The molecule has 13 heteroatoms. The summed E-state index contributed by atoms with van der Waals surface area (Å²) in [6, 6.07) is 13.5. The molecule has 43 heavy (non-hydrogen) atoms. The van der Waals surface area contributed by atoms with Gasteiger partial charge in [0, 0.05) is 16.8 Å². The van der Waals surface area contributed by atoms with Crippen LogP contribution in [0.4, 0.5) is 16.2 Å². The zero-order chi connectivity index (χ0) is 31.1. The van der Waals surface area contributed by atoms with Gasteiger partial charge in [0.15, 0.2) is 29.6 Å². The third-order valence-corrected chi connectivity index (χ3v) is 7.06. The van der Waals surface area contributed by atoms with E-state index in [0.717, 1.165) is 11.3 Å². The van der Waals surface area contributed by atoms with E-state index >= 15 is 0 Å². The first-order chi connectivity index (χ1) is 20.6. The highest BCUT2D eigenvalue weighted by Crippen LogP contribution is 2.36. The van der Waals surface area contributed by atoms with E-state index in [4.69, 9.17) is 30.5 Å². The quantitative estimate of drug-likeness (QED) is 0.152. The van der Waals surface area contributed by atoms with Crippen LogP contribution in [0.25, 0.3) is 6.08 Å². The van der Waals surface area contributed by atoms with Crippen molar-refractivity contribution in [1.29, 1.82) is 0 Å². The number of nitrogens with zero attached hydrogens (tertiary/aromatic N) is 1. The third-order valence-electron chi connectivity index (χ3n) is 6.01. The Labute approximate surface area is 266 Å². The second kappa shape index (κ2) is 14.2. The molecule has 0 saturated carbocycles. The average molecular weight is 720 g/mol. The van der Waals surface area contributed by atoms with Gasteiger partial charge in [0.1, 0.15) is 5.57 Å². The minimum Gasteiger partial charge on any atom is -0.493 e. The molecule has 5 amide bonds. The van der Waals surface area contributed by atoms with Gasteiger partial charge in [-0.25, -0.2) is 9.69 Å². The molecule has 0 spiro atoms. The number of rotatable bonds is 11. The fourth-order valence-electron chi connectivity index (χ4n) is 4.02. The van der Waals surface area contributed by atoms with E-state index in [0.29, 0.717) is 43.7 Å². The Morgan fingerprint density at radius 3 is 2.37 bits per heavy atom. The van der Waals surface area contributed by atoms with Crippen molar-refractivity contribution in [1.82, 2.24) is 5.32 Å². The highest BCUT2D eigenvalue weighted by atomic mass is 127. The van der Waals surface area contributed by atoms with Crippen LogP contribution in [0.5, 0.6) is 23.0 Å². The number of imide groups is 2. The van der Waals surface area contributed by atoms with E-state index in [1.165, 1.54) is 32.4 Å². The lowest BCUT2D eigenvalue weighted by Gasteiger charge is -2.27. The van der Waals surface area contributed by atoms with Crippen molar-refractivity contribution in [3.63, 3.8) is 0 Å². The van der Waals surface area contributed by atoms with Gasteiger partial charge >= 0.3 is 6.03 Å². The summed E-state index contributed by atoms with van der Waals surface area (Å²) in [5.41, 5.74) is 0.893. The molecule has 0 aromatic heterocycles. The van der Waals surface area contributed by atoms with Gasteiger partial charge in [0.2, 0.25) is 0 Å². The number of ether oxygens (including phenoxy) is 4. The van der Waals surface area contributed by atoms with Crippen LogP contribution in [0.3, 0.4) is 0 Å². The topological polar surface area (TPSA) is 132 Å². The molecule has 1 aliphatic rings. The molecular formula is C30H27ClIN3O8. The van der Waals surface area contributed by atoms with E-state index < -0.39 is 23.8 Å². The number of halogens is 2. The van der Waals surface area contributed by atoms with Gasteiger partial charge in [-0.3, -0.25) is 19.7 Å². The molecule has 3 aromatic carbocycles. The van der Waals surface area contributed by atoms with Crippen molar-refractivity contribution in [2.75, 3.05) is 37.7 Å². The van der Waals surface area contributed by atoms with Gasteiger partial charge in [-0.05, 0) is 89.2 Å². The lowest BCUT2D eigenvalue weighted by molar-refractivity contribution is -0.122. The Morgan fingerprint density at radius 2 is 1.70 bits per heavy atom. The van der Waals surface area contributed by atoms with Gasteiger partial charge in [0.05, 0.1) is 30.1 Å². The highest BCUT2D eigenvalue weighted by Gasteiger charge is 2.37. The molecule has 1 saturated heterocycles. The van der Waals surface area contributed by atoms with E-state index in [1.807, 2.05) is 29.5 Å². The number of urea groups is 1. The molecule has 2 N–H and O–H groups in total. The molecule has 1 aliphatic heterocycles. The number of carbonyl (C=O) groups is 4. The number of methoxy groups -OCH3 is 2. The Balaban J connectivity index is 1.56. The predicted octanol–water partition coefficient (Wildman–Crippen LogP) is 5.43. The summed E-state index contributed by atoms with van der Waals surface area (Å²) in [4.78, 5) is 52.2. The van der Waals surface area contributed by atoms with Crippen LogP contribution in [-0.4, -0.2) is 51.2 Å².